The van der Waals surface area contributed by atoms with E-state index in [4.69, 9.17) is 4.74 Å². The van der Waals surface area contributed by atoms with Crippen molar-refractivity contribution in [2.75, 3.05) is 0 Å². The van der Waals surface area contributed by atoms with Gasteiger partial charge in [-0.15, -0.1) is 0 Å². The van der Waals surface area contributed by atoms with Crippen LogP contribution in [0.5, 0.6) is 11.5 Å². The normalized spacial score (nSPS) is 10.3. The fourth-order valence-corrected chi connectivity index (χ4v) is 1.85. The van der Waals surface area contributed by atoms with Gasteiger partial charge in [0.15, 0.2) is 11.6 Å². The maximum absolute atomic E-state index is 13.4. The monoisotopic (exact) mass is 298 g/mol. The Bertz CT molecular complexity index is 529. The number of hydrogen-bond donors (Lipinski definition) is 0. The second-order valence-electron chi connectivity index (χ2n) is 3.42. The van der Waals surface area contributed by atoms with Gasteiger partial charge in [0.25, 0.3) is 0 Å². The lowest BCUT2D eigenvalue weighted by atomic mass is 10.2. The van der Waals surface area contributed by atoms with Gasteiger partial charge in [-0.2, -0.15) is 0 Å². The topological polar surface area (TPSA) is 9.23 Å². The van der Waals surface area contributed by atoms with Crippen molar-refractivity contribution < 1.29 is 13.5 Å². The van der Waals surface area contributed by atoms with Crippen molar-refractivity contribution in [1.82, 2.24) is 0 Å². The molecule has 0 aliphatic heterocycles. The zero-order valence-corrected chi connectivity index (χ0v) is 10.4. The Morgan fingerprint density at radius 2 is 1.76 bits per heavy atom. The first-order valence-electron chi connectivity index (χ1n) is 4.97. The summed E-state index contributed by atoms with van der Waals surface area (Å²) in [4.78, 5) is 0. The van der Waals surface area contributed by atoms with E-state index in [0.717, 1.165) is 23.8 Å². The Morgan fingerprint density at radius 3 is 2.53 bits per heavy atom. The van der Waals surface area contributed by atoms with Gasteiger partial charge in [0.05, 0.1) is 0 Å². The van der Waals surface area contributed by atoms with Crippen molar-refractivity contribution in [3.05, 3.63) is 59.7 Å². The molecule has 2 aromatic rings. The lowest BCUT2D eigenvalue weighted by Crippen LogP contribution is -1.92. The standard InChI is InChI=1S/C13H9BrF2O/c14-8-9-3-1-2-4-12(9)17-13-7-10(15)5-6-11(13)16/h1-7H,8H2. The second-order valence-corrected chi connectivity index (χ2v) is 3.98. The van der Waals surface area contributed by atoms with Gasteiger partial charge in [-0.3, -0.25) is 0 Å². The highest BCUT2D eigenvalue weighted by Gasteiger charge is 2.08. The third kappa shape index (κ3) is 2.82. The molecule has 0 fully saturated rings. The molecule has 17 heavy (non-hydrogen) atoms. The third-order valence-electron chi connectivity index (χ3n) is 2.23. The molecule has 0 saturated carbocycles. The van der Waals surface area contributed by atoms with Crippen molar-refractivity contribution in [3.8, 4) is 11.5 Å². The maximum Gasteiger partial charge on any atom is 0.165 e. The van der Waals surface area contributed by atoms with Crippen LogP contribution in [0.25, 0.3) is 0 Å². The summed E-state index contributed by atoms with van der Waals surface area (Å²) >= 11 is 3.31. The molecule has 0 saturated heterocycles. The van der Waals surface area contributed by atoms with Gasteiger partial charge < -0.3 is 4.74 Å². The van der Waals surface area contributed by atoms with Crippen molar-refractivity contribution >= 4 is 15.9 Å². The summed E-state index contributed by atoms with van der Waals surface area (Å²) in [6, 6.07) is 10.3. The van der Waals surface area contributed by atoms with E-state index in [1.54, 1.807) is 12.1 Å². The summed E-state index contributed by atoms with van der Waals surface area (Å²) in [6.45, 7) is 0. The van der Waals surface area contributed by atoms with E-state index in [1.165, 1.54) is 0 Å². The Balaban J connectivity index is 2.34. The molecule has 2 aromatic carbocycles. The first-order valence-corrected chi connectivity index (χ1v) is 6.09. The van der Waals surface area contributed by atoms with Crippen molar-refractivity contribution in [3.63, 3.8) is 0 Å². The molecule has 0 aromatic heterocycles. The summed E-state index contributed by atoms with van der Waals surface area (Å²) in [5, 5.41) is 0.583. The molecule has 0 amide bonds. The minimum atomic E-state index is -0.587. The van der Waals surface area contributed by atoms with Crippen molar-refractivity contribution in [2.45, 2.75) is 5.33 Å². The summed E-state index contributed by atoms with van der Waals surface area (Å²) in [5.41, 5.74) is 0.871. The van der Waals surface area contributed by atoms with Gasteiger partial charge in [0.2, 0.25) is 0 Å². The van der Waals surface area contributed by atoms with E-state index in [1.807, 2.05) is 12.1 Å². The molecule has 1 nitrogen and oxygen atoms in total. The van der Waals surface area contributed by atoms with Gasteiger partial charge in [-0.1, -0.05) is 34.1 Å². The minimum absolute atomic E-state index is 0.113. The lowest BCUT2D eigenvalue weighted by molar-refractivity contribution is 0.434. The Labute approximate surface area is 106 Å². The van der Waals surface area contributed by atoms with Crippen LogP contribution < -0.4 is 4.74 Å². The molecule has 0 radical (unpaired) electrons. The minimum Gasteiger partial charge on any atom is -0.454 e. The van der Waals surface area contributed by atoms with E-state index in [2.05, 4.69) is 15.9 Å². The van der Waals surface area contributed by atoms with E-state index >= 15 is 0 Å². The molecule has 0 atom stereocenters. The van der Waals surface area contributed by atoms with E-state index in [9.17, 15) is 8.78 Å². The molecule has 0 heterocycles. The predicted octanol–water partition coefficient (Wildman–Crippen LogP) is 4.65. The number of para-hydroxylation sites is 1. The SMILES string of the molecule is Fc1ccc(F)c(Oc2ccccc2CBr)c1. The van der Waals surface area contributed by atoms with Gasteiger partial charge in [-0.05, 0) is 18.2 Å². The quantitative estimate of drug-likeness (QED) is 0.749. The smallest absolute Gasteiger partial charge is 0.165 e. The number of ether oxygens (including phenoxy) is 1. The highest BCUT2D eigenvalue weighted by molar-refractivity contribution is 9.08. The van der Waals surface area contributed by atoms with Crippen LogP contribution in [-0.4, -0.2) is 0 Å². The van der Waals surface area contributed by atoms with Gasteiger partial charge in [0, 0.05) is 17.0 Å². The molecule has 2 rings (SSSR count). The number of hydrogen-bond acceptors (Lipinski definition) is 1. The van der Waals surface area contributed by atoms with Crippen LogP contribution >= 0.6 is 15.9 Å². The highest BCUT2D eigenvalue weighted by Crippen LogP contribution is 2.28. The summed E-state index contributed by atoms with van der Waals surface area (Å²) in [7, 11) is 0. The fraction of sp³-hybridized carbons (Fsp3) is 0.0769. The van der Waals surface area contributed by atoms with Crippen LogP contribution in [0.15, 0.2) is 42.5 Å². The molecule has 0 N–H and O–H groups in total. The molecule has 4 heteroatoms. The largest absolute Gasteiger partial charge is 0.454 e. The number of halogens is 3. The van der Waals surface area contributed by atoms with Gasteiger partial charge in [-0.25, -0.2) is 8.78 Å². The molecule has 88 valence electrons. The average molecular weight is 299 g/mol. The average Bonchev–Trinajstić information content (AvgIpc) is 2.34. The fourth-order valence-electron chi connectivity index (χ4n) is 1.39. The van der Waals surface area contributed by atoms with E-state index in [0.29, 0.717) is 11.1 Å². The second kappa shape index (κ2) is 5.27. The van der Waals surface area contributed by atoms with Crippen molar-refractivity contribution in [2.24, 2.45) is 0 Å². The Morgan fingerprint density at radius 1 is 1.00 bits per heavy atom. The van der Waals surface area contributed by atoms with Crippen molar-refractivity contribution in [1.29, 1.82) is 0 Å². The number of alkyl halides is 1. The maximum atomic E-state index is 13.4. The first kappa shape index (κ1) is 12.0. The highest BCUT2D eigenvalue weighted by atomic mass is 79.9. The zero-order chi connectivity index (χ0) is 12.3. The summed E-state index contributed by atoms with van der Waals surface area (Å²) < 4.78 is 31.7. The Kier molecular flexibility index (Phi) is 3.74. The van der Waals surface area contributed by atoms with Crippen LogP contribution in [0.1, 0.15) is 5.56 Å². The van der Waals surface area contributed by atoms with Crippen LogP contribution in [0, 0.1) is 11.6 Å². The number of rotatable bonds is 3. The number of benzene rings is 2. The molecule has 0 unspecified atom stereocenters. The van der Waals surface area contributed by atoms with Crippen LogP contribution in [0.3, 0.4) is 0 Å². The molecule has 0 aliphatic rings. The lowest BCUT2D eigenvalue weighted by Gasteiger charge is -2.10. The van der Waals surface area contributed by atoms with E-state index in [-0.39, 0.29) is 5.75 Å². The predicted molar refractivity (Wildman–Crippen MR) is 65.5 cm³/mol. The molecular formula is C13H9BrF2O. The van der Waals surface area contributed by atoms with Gasteiger partial charge in [0.1, 0.15) is 11.6 Å². The zero-order valence-electron chi connectivity index (χ0n) is 8.79. The van der Waals surface area contributed by atoms with Gasteiger partial charge >= 0.3 is 0 Å². The molecule has 0 bridgehead atoms. The van der Waals surface area contributed by atoms with Crippen LogP contribution in [0.2, 0.25) is 0 Å². The summed E-state index contributed by atoms with van der Waals surface area (Å²) in [6.07, 6.45) is 0. The Hall–Kier alpha value is -1.42. The molecule has 0 aliphatic carbocycles. The van der Waals surface area contributed by atoms with E-state index < -0.39 is 11.6 Å². The third-order valence-corrected chi connectivity index (χ3v) is 2.83. The van der Waals surface area contributed by atoms with Crippen LogP contribution in [0.4, 0.5) is 8.78 Å². The molecule has 0 spiro atoms. The van der Waals surface area contributed by atoms with Crippen LogP contribution in [-0.2, 0) is 5.33 Å². The first-order chi connectivity index (χ1) is 8.20. The summed E-state index contributed by atoms with van der Waals surface area (Å²) in [5.74, 6) is -0.722. The molecular weight excluding hydrogens is 290 g/mol.